The number of hydrogen-bond acceptors (Lipinski definition) is 3. The fourth-order valence-corrected chi connectivity index (χ4v) is 3.82. The van der Waals surface area contributed by atoms with Crippen LogP contribution in [0.1, 0.15) is 43.2 Å². The zero-order valence-corrected chi connectivity index (χ0v) is 13.0. The maximum atomic E-state index is 9.76. The average Bonchev–Trinajstić information content (AvgIpc) is 2.52. The summed E-state index contributed by atoms with van der Waals surface area (Å²) in [7, 11) is 1.73. The van der Waals surface area contributed by atoms with E-state index in [1.807, 2.05) is 0 Å². The molecule has 0 amide bonds. The van der Waals surface area contributed by atoms with Gasteiger partial charge in [0, 0.05) is 6.04 Å². The first-order valence-corrected chi connectivity index (χ1v) is 8.32. The van der Waals surface area contributed by atoms with Crippen molar-refractivity contribution in [2.24, 2.45) is 5.92 Å². The number of benzene rings is 1. The van der Waals surface area contributed by atoms with E-state index in [2.05, 4.69) is 23.5 Å². The highest BCUT2D eigenvalue weighted by Gasteiger charge is 2.23. The quantitative estimate of drug-likeness (QED) is 0.895. The Kier molecular flexibility index (Phi) is 4.81. The molecule has 3 heteroatoms. The van der Waals surface area contributed by atoms with Crippen LogP contribution in [0.4, 0.5) is 0 Å². The molecule has 2 aliphatic rings. The fourth-order valence-electron chi connectivity index (χ4n) is 3.82. The van der Waals surface area contributed by atoms with Gasteiger partial charge in [0.2, 0.25) is 0 Å². The third-order valence-corrected chi connectivity index (χ3v) is 5.09. The summed E-state index contributed by atoms with van der Waals surface area (Å²) >= 11 is 0. The molecule has 0 heterocycles. The molecule has 3 rings (SSSR count). The van der Waals surface area contributed by atoms with Gasteiger partial charge >= 0.3 is 0 Å². The molecule has 0 aliphatic heterocycles. The van der Waals surface area contributed by atoms with Gasteiger partial charge in [-0.15, -0.1) is 0 Å². The molecule has 0 saturated heterocycles. The SMILES string of the molecule is COc1ccc2c(c1)CC(NCC1CCCC(O)C1)CC2. The molecule has 1 saturated carbocycles. The van der Waals surface area contributed by atoms with E-state index < -0.39 is 0 Å². The number of rotatable bonds is 4. The van der Waals surface area contributed by atoms with Gasteiger partial charge in [-0.05, 0) is 74.2 Å². The van der Waals surface area contributed by atoms with Crippen LogP contribution >= 0.6 is 0 Å². The summed E-state index contributed by atoms with van der Waals surface area (Å²) in [5, 5.41) is 13.5. The first-order chi connectivity index (χ1) is 10.2. The zero-order valence-electron chi connectivity index (χ0n) is 13.0. The van der Waals surface area contributed by atoms with Crippen LogP contribution in [-0.4, -0.2) is 30.9 Å². The summed E-state index contributed by atoms with van der Waals surface area (Å²) < 4.78 is 5.33. The summed E-state index contributed by atoms with van der Waals surface area (Å²) in [5.41, 5.74) is 2.91. The third-order valence-electron chi connectivity index (χ3n) is 5.09. The van der Waals surface area contributed by atoms with Gasteiger partial charge in [0.15, 0.2) is 0 Å². The molecule has 1 aromatic carbocycles. The summed E-state index contributed by atoms with van der Waals surface area (Å²) in [6, 6.07) is 7.04. The van der Waals surface area contributed by atoms with Crippen molar-refractivity contribution in [3.8, 4) is 5.75 Å². The molecule has 116 valence electrons. The number of aliphatic hydroxyl groups excluding tert-OH is 1. The highest BCUT2D eigenvalue weighted by Crippen LogP contribution is 2.27. The minimum atomic E-state index is -0.0677. The van der Waals surface area contributed by atoms with Gasteiger partial charge in [-0.25, -0.2) is 0 Å². The van der Waals surface area contributed by atoms with Crippen LogP contribution in [0.2, 0.25) is 0 Å². The first kappa shape index (κ1) is 14.9. The predicted octanol–water partition coefficient (Wildman–Crippen LogP) is 2.69. The molecule has 21 heavy (non-hydrogen) atoms. The van der Waals surface area contributed by atoms with Crippen molar-refractivity contribution in [2.45, 2.75) is 57.1 Å². The molecule has 3 unspecified atom stereocenters. The van der Waals surface area contributed by atoms with E-state index in [1.54, 1.807) is 7.11 Å². The van der Waals surface area contributed by atoms with Crippen molar-refractivity contribution in [2.75, 3.05) is 13.7 Å². The second kappa shape index (κ2) is 6.80. The Morgan fingerprint density at radius 3 is 2.95 bits per heavy atom. The fraction of sp³-hybridized carbons (Fsp3) is 0.667. The molecule has 0 spiro atoms. The Morgan fingerprint density at radius 2 is 2.14 bits per heavy atom. The molecule has 1 aromatic rings. The standard InChI is InChI=1S/C18H27NO2/c1-21-18-8-6-14-5-7-16(10-15(14)11-18)19-12-13-3-2-4-17(20)9-13/h6,8,11,13,16-17,19-20H,2-5,7,9-10,12H2,1H3. The normalized spacial score (nSPS) is 29.0. The number of aryl methyl sites for hydroxylation is 1. The van der Waals surface area contributed by atoms with Crippen molar-refractivity contribution in [3.05, 3.63) is 29.3 Å². The van der Waals surface area contributed by atoms with Crippen molar-refractivity contribution in [1.29, 1.82) is 0 Å². The first-order valence-electron chi connectivity index (χ1n) is 8.32. The Labute approximate surface area is 127 Å². The molecular formula is C18H27NO2. The van der Waals surface area contributed by atoms with Crippen LogP contribution in [0.15, 0.2) is 18.2 Å². The summed E-state index contributed by atoms with van der Waals surface area (Å²) in [4.78, 5) is 0. The van der Waals surface area contributed by atoms with E-state index in [0.29, 0.717) is 12.0 Å². The molecule has 0 radical (unpaired) electrons. The van der Waals surface area contributed by atoms with Gasteiger partial charge in [-0.3, -0.25) is 0 Å². The van der Waals surface area contributed by atoms with E-state index in [9.17, 15) is 5.11 Å². The van der Waals surface area contributed by atoms with E-state index in [-0.39, 0.29) is 6.10 Å². The van der Waals surface area contributed by atoms with Gasteiger partial charge in [0.1, 0.15) is 5.75 Å². The summed E-state index contributed by atoms with van der Waals surface area (Å²) in [5.74, 6) is 1.62. The number of nitrogens with one attached hydrogen (secondary N) is 1. The Morgan fingerprint density at radius 1 is 1.24 bits per heavy atom. The summed E-state index contributed by atoms with van der Waals surface area (Å²) in [6.07, 6.45) is 7.82. The van der Waals surface area contributed by atoms with Crippen LogP contribution in [-0.2, 0) is 12.8 Å². The largest absolute Gasteiger partial charge is 0.497 e. The van der Waals surface area contributed by atoms with Crippen molar-refractivity contribution >= 4 is 0 Å². The number of methoxy groups -OCH3 is 1. The molecule has 2 N–H and O–H groups in total. The van der Waals surface area contributed by atoms with Crippen molar-refractivity contribution < 1.29 is 9.84 Å². The molecular weight excluding hydrogens is 262 g/mol. The highest BCUT2D eigenvalue weighted by molar-refractivity contribution is 5.37. The van der Waals surface area contributed by atoms with Crippen LogP contribution in [0.25, 0.3) is 0 Å². The Balaban J connectivity index is 1.53. The second-order valence-electron chi connectivity index (χ2n) is 6.67. The molecule has 1 fully saturated rings. The second-order valence-corrected chi connectivity index (χ2v) is 6.67. The zero-order chi connectivity index (χ0) is 14.7. The highest BCUT2D eigenvalue weighted by atomic mass is 16.5. The maximum Gasteiger partial charge on any atom is 0.119 e. The molecule has 3 atom stereocenters. The van der Waals surface area contributed by atoms with E-state index >= 15 is 0 Å². The van der Waals surface area contributed by atoms with Crippen LogP contribution in [0.3, 0.4) is 0 Å². The minimum Gasteiger partial charge on any atom is -0.497 e. The average molecular weight is 289 g/mol. The molecule has 2 aliphatic carbocycles. The molecule has 0 bridgehead atoms. The monoisotopic (exact) mass is 289 g/mol. The van der Waals surface area contributed by atoms with Crippen LogP contribution < -0.4 is 10.1 Å². The number of hydrogen-bond donors (Lipinski definition) is 2. The lowest BCUT2D eigenvalue weighted by Gasteiger charge is -2.30. The number of aliphatic hydroxyl groups is 1. The van der Waals surface area contributed by atoms with E-state index in [1.165, 1.54) is 30.4 Å². The van der Waals surface area contributed by atoms with Crippen LogP contribution in [0.5, 0.6) is 5.75 Å². The topological polar surface area (TPSA) is 41.5 Å². The van der Waals surface area contributed by atoms with Crippen LogP contribution in [0, 0.1) is 5.92 Å². The summed E-state index contributed by atoms with van der Waals surface area (Å²) in [6.45, 7) is 1.06. The smallest absolute Gasteiger partial charge is 0.119 e. The van der Waals surface area contributed by atoms with Gasteiger partial charge in [0.05, 0.1) is 13.2 Å². The van der Waals surface area contributed by atoms with E-state index in [0.717, 1.165) is 38.0 Å². The lowest BCUT2D eigenvalue weighted by atomic mass is 9.85. The lowest BCUT2D eigenvalue weighted by molar-refractivity contribution is 0.0994. The Bertz CT molecular complexity index is 474. The van der Waals surface area contributed by atoms with E-state index in [4.69, 9.17) is 4.74 Å². The van der Waals surface area contributed by atoms with Gasteiger partial charge < -0.3 is 15.2 Å². The molecule has 0 aromatic heterocycles. The Hall–Kier alpha value is -1.06. The predicted molar refractivity (Wildman–Crippen MR) is 84.8 cm³/mol. The van der Waals surface area contributed by atoms with Gasteiger partial charge in [0.25, 0.3) is 0 Å². The van der Waals surface area contributed by atoms with Crippen molar-refractivity contribution in [1.82, 2.24) is 5.32 Å². The number of ether oxygens (including phenoxy) is 1. The third kappa shape index (κ3) is 3.78. The minimum absolute atomic E-state index is 0.0677. The number of fused-ring (bicyclic) bond motifs is 1. The van der Waals surface area contributed by atoms with Gasteiger partial charge in [-0.1, -0.05) is 12.5 Å². The lowest BCUT2D eigenvalue weighted by Crippen LogP contribution is -2.39. The van der Waals surface area contributed by atoms with Crippen molar-refractivity contribution in [3.63, 3.8) is 0 Å². The van der Waals surface area contributed by atoms with Gasteiger partial charge in [-0.2, -0.15) is 0 Å². The maximum absolute atomic E-state index is 9.76. The molecule has 3 nitrogen and oxygen atoms in total.